The summed E-state index contributed by atoms with van der Waals surface area (Å²) in [4.78, 5) is 21.2. The first-order valence-corrected chi connectivity index (χ1v) is 6.30. The minimum atomic E-state index is -0.770. The van der Waals surface area contributed by atoms with Gasteiger partial charge in [-0.25, -0.2) is 0 Å². The summed E-state index contributed by atoms with van der Waals surface area (Å²) < 4.78 is 5.23. The Morgan fingerprint density at radius 2 is 2.11 bits per heavy atom. The van der Waals surface area contributed by atoms with Crippen LogP contribution in [0.4, 0.5) is 0 Å². The second kappa shape index (κ2) is 7.69. The number of esters is 1. The molecule has 2 atom stereocenters. The highest BCUT2D eigenvalue weighted by Gasteiger charge is 2.24. The molecule has 0 saturated carbocycles. The molecule has 1 aliphatic rings. The molecule has 1 aliphatic carbocycles. The number of aliphatic carboxylic acids is 1. The van der Waals surface area contributed by atoms with Crippen LogP contribution in [0.15, 0.2) is 24.3 Å². The number of carboxylic acid groups (broad SMARTS) is 1. The molecule has 0 saturated heterocycles. The van der Waals surface area contributed by atoms with Crippen LogP contribution in [0.5, 0.6) is 0 Å². The van der Waals surface area contributed by atoms with Crippen LogP contribution in [0.1, 0.15) is 39.0 Å². The van der Waals surface area contributed by atoms with Crippen LogP contribution < -0.4 is 0 Å². The van der Waals surface area contributed by atoms with Crippen molar-refractivity contribution in [3.63, 3.8) is 0 Å². The summed E-state index contributed by atoms with van der Waals surface area (Å²) in [6.45, 7) is 1.43. The third-order valence-electron chi connectivity index (χ3n) is 2.90. The number of allylic oxidation sites excluding steroid dienone is 2. The molecule has 0 unspecified atom stereocenters. The summed E-state index contributed by atoms with van der Waals surface area (Å²) in [6.07, 6.45) is 11.4. The van der Waals surface area contributed by atoms with E-state index in [1.165, 1.54) is 6.92 Å². The van der Waals surface area contributed by atoms with E-state index in [2.05, 4.69) is 6.08 Å². The van der Waals surface area contributed by atoms with E-state index in [1.807, 2.05) is 18.2 Å². The zero-order valence-electron chi connectivity index (χ0n) is 10.7. The molecule has 1 rings (SSSR count). The Morgan fingerprint density at radius 3 is 2.78 bits per heavy atom. The average Bonchev–Trinajstić information content (AvgIpc) is 2.69. The summed E-state index contributed by atoms with van der Waals surface area (Å²) in [6, 6.07) is 0. The van der Waals surface area contributed by atoms with Crippen molar-refractivity contribution in [3.8, 4) is 0 Å². The maximum Gasteiger partial charge on any atom is 0.303 e. The van der Waals surface area contributed by atoms with Gasteiger partial charge in [-0.3, -0.25) is 9.59 Å². The smallest absolute Gasteiger partial charge is 0.303 e. The molecule has 0 radical (unpaired) electrons. The Hall–Kier alpha value is -1.58. The van der Waals surface area contributed by atoms with Crippen LogP contribution in [0, 0.1) is 5.92 Å². The van der Waals surface area contributed by atoms with E-state index in [9.17, 15) is 9.59 Å². The fraction of sp³-hybridized carbons (Fsp3) is 0.571. The van der Waals surface area contributed by atoms with Gasteiger partial charge in [-0.1, -0.05) is 24.3 Å². The third-order valence-corrected chi connectivity index (χ3v) is 2.90. The van der Waals surface area contributed by atoms with Gasteiger partial charge in [-0.2, -0.15) is 0 Å². The molecule has 0 heterocycles. The second-order valence-electron chi connectivity index (χ2n) is 4.46. The standard InChI is InChI=1S/C14H20O4/c1-11(15)18-13-9-6-8-12(13)7-4-2-3-5-10-14(16)17/h2-3,6,8,12-13H,4-5,7,9-10H2,1H3,(H,16,17)/t12-,13-/m1/s1. The van der Waals surface area contributed by atoms with Crippen LogP contribution in [-0.2, 0) is 14.3 Å². The molecule has 4 nitrogen and oxygen atoms in total. The van der Waals surface area contributed by atoms with Crippen LogP contribution in [0.25, 0.3) is 0 Å². The van der Waals surface area contributed by atoms with Crippen molar-refractivity contribution < 1.29 is 19.4 Å². The zero-order chi connectivity index (χ0) is 13.4. The van der Waals surface area contributed by atoms with Gasteiger partial charge in [-0.15, -0.1) is 0 Å². The minimum Gasteiger partial charge on any atom is -0.481 e. The van der Waals surface area contributed by atoms with Gasteiger partial charge >= 0.3 is 11.9 Å². The first-order valence-electron chi connectivity index (χ1n) is 6.30. The van der Waals surface area contributed by atoms with Crippen molar-refractivity contribution in [1.29, 1.82) is 0 Å². The highest BCUT2D eigenvalue weighted by molar-refractivity contribution is 5.66. The third kappa shape index (κ3) is 5.66. The Morgan fingerprint density at radius 1 is 1.39 bits per heavy atom. The molecule has 18 heavy (non-hydrogen) atoms. The van der Waals surface area contributed by atoms with E-state index in [0.29, 0.717) is 6.42 Å². The lowest BCUT2D eigenvalue weighted by atomic mass is 10.00. The van der Waals surface area contributed by atoms with Crippen molar-refractivity contribution in [2.75, 3.05) is 0 Å². The van der Waals surface area contributed by atoms with Crippen molar-refractivity contribution >= 4 is 11.9 Å². The monoisotopic (exact) mass is 252 g/mol. The molecule has 1 N–H and O–H groups in total. The maximum atomic E-state index is 10.9. The normalized spacial score (nSPS) is 22.5. The van der Waals surface area contributed by atoms with Crippen LogP contribution in [-0.4, -0.2) is 23.1 Å². The lowest BCUT2D eigenvalue weighted by Gasteiger charge is -2.18. The number of carboxylic acids is 1. The lowest BCUT2D eigenvalue weighted by molar-refractivity contribution is -0.147. The molecular formula is C14H20O4. The maximum absolute atomic E-state index is 10.9. The first-order chi connectivity index (χ1) is 8.59. The van der Waals surface area contributed by atoms with Crippen LogP contribution >= 0.6 is 0 Å². The molecule has 0 spiro atoms. The van der Waals surface area contributed by atoms with E-state index in [4.69, 9.17) is 9.84 Å². The molecule has 4 heteroatoms. The second-order valence-corrected chi connectivity index (χ2v) is 4.46. The van der Waals surface area contributed by atoms with Crippen molar-refractivity contribution in [2.24, 2.45) is 5.92 Å². The predicted octanol–water partition coefficient (Wildman–Crippen LogP) is 2.70. The first kappa shape index (κ1) is 14.5. The Bertz CT molecular complexity index is 344. The molecule has 0 aliphatic heterocycles. The summed E-state index contributed by atoms with van der Waals surface area (Å²) in [5.74, 6) is -0.711. The van der Waals surface area contributed by atoms with Gasteiger partial charge in [0, 0.05) is 25.7 Å². The number of ether oxygens (including phenoxy) is 1. The largest absolute Gasteiger partial charge is 0.481 e. The molecule has 0 aromatic carbocycles. The van der Waals surface area contributed by atoms with Crippen LogP contribution in [0.2, 0.25) is 0 Å². The predicted molar refractivity (Wildman–Crippen MR) is 68.0 cm³/mol. The Kier molecular flexibility index (Phi) is 6.19. The summed E-state index contributed by atoms with van der Waals surface area (Å²) in [5.41, 5.74) is 0. The van der Waals surface area contributed by atoms with E-state index in [1.54, 1.807) is 0 Å². The van der Waals surface area contributed by atoms with Gasteiger partial charge in [0.15, 0.2) is 0 Å². The zero-order valence-corrected chi connectivity index (χ0v) is 10.7. The number of hydrogen-bond acceptors (Lipinski definition) is 3. The van der Waals surface area contributed by atoms with Gasteiger partial charge in [0.05, 0.1) is 0 Å². The quantitative estimate of drug-likeness (QED) is 0.559. The molecule has 0 bridgehead atoms. The summed E-state index contributed by atoms with van der Waals surface area (Å²) in [5, 5.41) is 8.47. The molecule has 100 valence electrons. The van der Waals surface area contributed by atoms with Crippen molar-refractivity contribution in [2.45, 2.75) is 45.1 Å². The Balaban J connectivity index is 2.19. The molecule has 0 aromatic heterocycles. The van der Waals surface area contributed by atoms with Crippen molar-refractivity contribution in [1.82, 2.24) is 0 Å². The fourth-order valence-electron chi connectivity index (χ4n) is 2.05. The lowest BCUT2D eigenvalue weighted by Crippen LogP contribution is -2.21. The van der Waals surface area contributed by atoms with E-state index in [0.717, 1.165) is 19.3 Å². The van der Waals surface area contributed by atoms with E-state index in [-0.39, 0.29) is 24.4 Å². The minimum absolute atomic E-state index is 0.0186. The van der Waals surface area contributed by atoms with Crippen LogP contribution in [0.3, 0.4) is 0 Å². The van der Waals surface area contributed by atoms with Crippen molar-refractivity contribution in [3.05, 3.63) is 24.3 Å². The highest BCUT2D eigenvalue weighted by atomic mass is 16.5. The fourth-order valence-corrected chi connectivity index (χ4v) is 2.05. The molecule has 0 fully saturated rings. The average molecular weight is 252 g/mol. The van der Waals surface area contributed by atoms with Gasteiger partial charge in [-0.05, 0) is 19.3 Å². The van der Waals surface area contributed by atoms with E-state index >= 15 is 0 Å². The Labute approximate surface area is 107 Å². The van der Waals surface area contributed by atoms with Gasteiger partial charge in [0.25, 0.3) is 0 Å². The number of rotatable bonds is 7. The SMILES string of the molecule is CC(=O)O[C@@H]1CC=C[C@H]1CCC=CCCC(=O)O. The van der Waals surface area contributed by atoms with E-state index < -0.39 is 5.97 Å². The molecule has 0 amide bonds. The topological polar surface area (TPSA) is 63.6 Å². The summed E-state index contributed by atoms with van der Waals surface area (Å²) >= 11 is 0. The summed E-state index contributed by atoms with van der Waals surface area (Å²) in [7, 11) is 0. The number of hydrogen-bond donors (Lipinski definition) is 1. The number of carbonyl (C=O) groups is 2. The van der Waals surface area contributed by atoms with Gasteiger partial charge in [0.1, 0.15) is 6.10 Å². The van der Waals surface area contributed by atoms with Gasteiger partial charge < -0.3 is 9.84 Å². The molecule has 0 aromatic rings. The molecular weight excluding hydrogens is 232 g/mol. The van der Waals surface area contributed by atoms with Gasteiger partial charge in [0.2, 0.25) is 0 Å². The number of carbonyl (C=O) groups excluding carboxylic acids is 1. The highest BCUT2D eigenvalue weighted by Crippen LogP contribution is 2.25.